The number of benzene rings is 3. The van der Waals surface area contributed by atoms with Gasteiger partial charge in [0.1, 0.15) is 11.6 Å². The topological polar surface area (TPSA) is 84.5 Å². The Hall–Kier alpha value is -4.07. The molecule has 2 amide bonds. The minimum Gasteiger partial charge on any atom is -0.452 e. The fourth-order valence-corrected chi connectivity index (χ4v) is 2.85. The van der Waals surface area contributed by atoms with E-state index < -0.39 is 36.0 Å². The van der Waals surface area contributed by atoms with Crippen molar-refractivity contribution in [2.45, 2.75) is 13.5 Å². The summed E-state index contributed by atoms with van der Waals surface area (Å²) in [5.74, 6) is -4.04. The quantitative estimate of drug-likeness (QED) is 0.546. The standard InChI is InChI=1S/C24H20F2N2O4/c1-15-6-8-16(9-7-15)13-27-23(30)20-4-2-3-5-21(20)28-22(29)14-32-24(31)17-10-18(25)12-19(26)11-17/h2-12H,13-14H2,1H3,(H,27,30)(H,28,29). The zero-order valence-electron chi connectivity index (χ0n) is 17.2. The molecule has 0 aliphatic heterocycles. The van der Waals surface area contributed by atoms with Crippen LogP contribution in [0.4, 0.5) is 14.5 Å². The summed E-state index contributed by atoms with van der Waals surface area (Å²) in [7, 11) is 0. The van der Waals surface area contributed by atoms with Crippen LogP contribution in [0.25, 0.3) is 0 Å². The molecule has 0 aliphatic carbocycles. The van der Waals surface area contributed by atoms with E-state index in [0.717, 1.165) is 23.3 Å². The smallest absolute Gasteiger partial charge is 0.338 e. The lowest BCUT2D eigenvalue weighted by molar-refractivity contribution is -0.119. The molecule has 3 rings (SSSR count). The monoisotopic (exact) mass is 438 g/mol. The number of halogens is 2. The van der Waals surface area contributed by atoms with Gasteiger partial charge in [-0.1, -0.05) is 42.0 Å². The molecule has 2 N–H and O–H groups in total. The zero-order valence-corrected chi connectivity index (χ0v) is 17.2. The molecule has 32 heavy (non-hydrogen) atoms. The van der Waals surface area contributed by atoms with Crippen LogP contribution in [-0.4, -0.2) is 24.4 Å². The molecule has 0 saturated heterocycles. The van der Waals surface area contributed by atoms with E-state index in [1.54, 1.807) is 18.2 Å². The van der Waals surface area contributed by atoms with E-state index in [0.29, 0.717) is 12.6 Å². The number of rotatable bonds is 7. The first kappa shape index (κ1) is 22.6. The fourth-order valence-electron chi connectivity index (χ4n) is 2.85. The maximum atomic E-state index is 13.2. The number of hydrogen-bond donors (Lipinski definition) is 2. The van der Waals surface area contributed by atoms with Crippen molar-refractivity contribution >= 4 is 23.5 Å². The molecule has 0 fully saturated rings. The van der Waals surface area contributed by atoms with Gasteiger partial charge < -0.3 is 15.4 Å². The van der Waals surface area contributed by atoms with Gasteiger partial charge in [-0.25, -0.2) is 13.6 Å². The van der Waals surface area contributed by atoms with Gasteiger partial charge in [0.05, 0.1) is 16.8 Å². The second-order valence-corrected chi connectivity index (χ2v) is 7.00. The van der Waals surface area contributed by atoms with Crippen LogP contribution < -0.4 is 10.6 Å². The van der Waals surface area contributed by atoms with Crippen LogP contribution in [0.3, 0.4) is 0 Å². The van der Waals surface area contributed by atoms with Gasteiger partial charge in [0.25, 0.3) is 11.8 Å². The first-order valence-corrected chi connectivity index (χ1v) is 9.67. The van der Waals surface area contributed by atoms with Gasteiger partial charge in [-0.3, -0.25) is 9.59 Å². The summed E-state index contributed by atoms with van der Waals surface area (Å²) in [6, 6.07) is 16.3. The van der Waals surface area contributed by atoms with E-state index in [-0.39, 0.29) is 16.8 Å². The summed E-state index contributed by atoms with van der Waals surface area (Å²) in [4.78, 5) is 36.7. The maximum absolute atomic E-state index is 13.2. The highest BCUT2D eigenvalue weighted by molar-refractivity contribution is 6.04. The van der Waals surface area contributed by atoms with Gasteiger partial charge >= 0.3 is 5.97 Å². The van der Waals surface area contributed by atoms with Gasteiger partial charge in [-0.15, -0.1) is 0 Å². The third-order valence-corrected chi connectivity index (χ3v) is 4.45. The van der Waals surface area contributed by atoms with Crippen LogP contribution in [-0.2, 0) is 16.1 Å². The van der Waals surface area contributed by atoms with Crippen LogP contribution in [0.1, 0.15) is 31.8 Å². The molecule has 0 aliphatic rings. The largest absolute Gasteiger partial charge is 0.452 e. The molecule has 0 saturated carbocycles. The predicted octanol–water partition coefficient (Wildman–Crippen LogP) is 4.00. The predicted molar refractivity (Wildman–Crippen MR) is 114 cm³/mol. The van der Waals surface area contributed by atoms with E-state index in [9.17, 15) is 23.2 Å². The highest BCUT2D eigenvalue weighted by Crippen LogP contribution is 2.16. The molecule has 0 bridgehead atoms. The third-order valence-electron chi connectivity index (χ3n) is 4.45. The highest BCUT2D eigenvalue weighted by Gasteiger charge is 2.16. The number of para-hydroxylation sites is 1. The molecule has 0 unspecified atom stereocenters. The first-order valence-electron chi connectivity index (χ1n) is 9.67. The number of ether oxygens (including phenoxy) is 1. The summed E-state index contributed by atoms with van der Waals surface area (Å²) in [6.45, 7) is 1.58. The lowest BCUT2D eigenvalue weighted by atomic mass is 10.1. The minimum atomic E-state index is -1.05. The van der Waals surface area contributed by atoms with E-state index >= 15 is 0 Å². The van der Waals surface area contributed by atoms with Crippen molar-refractivity contribution < 1.29 is 27.9 Å². The SMILES string of the molecule is Cc1ccc(CNC(=O)c2ccccc2NC(=O)COC(=O)c2cc(F)cc(F)c2)cc1. The number of nitrogens with one attached hydrogen (secondary N) is 2. The van der Waals surface area contributed by atoms with Crippen LogP contribution in [0.15, 0.2) is 66.7 Å². The van der Waals surface area contributed by atoms with Crippen molar-refractivity contribution in [3.8, 4) is 0 Å². The summed E-state index contributed by atoms with van der Waals surface area (Å²) in [5.41, 5.74) is 2.13. The van der Waals surface area contributed by atoms with Gasteiger partial charge in [0.15, 0.2) is 6.61 Å². The molecule has 3 aromatic carbocycles. The Morgan fingerprint density at radius 2 is 1.56 bits per heavy atom. The first-order chi connectivity index (χ1) is 15.3. The average Bonchev–Trinajstić information content (AvgIpc) is 2.76. The van der Waals surface area contributed by atoms with E-state index in [4.69, 9.17) is 4.74 Å². The number of carbonyl (C=O) groups is 3. The number of aryl methyl sites for hydroxylation is 1. The highest BCUT2D eigenvalue weighted by atomic mass is 19.1. The molecular formula is C24H20F2N2O4. The molecule has 164 valence electrons. The van der Waals surface area contributed by atoms with E-state index in [1.165, 1.54) is 6.07 Å². The minimum absolute atomic E-state index is 0.228. The van der Waals surface area contributed by atoms with Gasteiger partial charge in [-0.05, 0) is 36.8 Å². The van der Waals surface area contributed by atoms with E-state index in [2.05, 4.69) is 10.6 Å². The normalized spacial score (nSPS) is 10.3. The zero-order chi connectivity index (χ0) is 23.1. The molecule has 6 nitrogen and oxygen atoms in total. The van der Waals surface area contributed by atoms with Crippen LogP contribution >= 0.6 is 0 Å². The maximum Gasteiger partial charge on any atom is 0.338 e. The Morgan fingerprint density at radius 3 is 2.25 bits per heavy atom. The summed E-state index contributed by atoms with van der Waals surface area (Å²) < 4.78 is 31.2. The van der Waals surface area contributed by atoms with Crippen molar-refractivity contribution in [2.75, 3.05) is 11.9 Å². The second kappa shape index (κ2) is 10.3. The lowest BCUT2D eigenvalue weighted by Crippen LogP contribution is -2.26. The van der Waals surface area contributed by atoms with Crippen LogP contribution in [0.5, 0.6) is 0 Å². The van der Waals surface area contributed by atoms with Crippen molar-refractivity contribution in [3.05, 3.63) is 101 Å². The third kappa shape index (κ3) is 6.21. The van der Waals surface area contributed by atoms with E-state index in [1.807, 2.05) is 31.2 Å². The molecule has 3 aromatic rings. The Bertz CT molecular complexity index is 1130. The molecule has 0 atom stereocenters. The lowest BCUT2D eigenvalue weighted by Gasteiger charge is -2.12. The summed E-state index contributed by atoms with van der Waals surface area (Å²) >= 11 is 0. The number of esters is 1. The van der Waals surface area contributed by atoms with Gasteiger partial charge in [0, 0.05) is 12.6 Å². The van der Waals surface area contributed by atoms with Gasteiger partial charge in [-0.2, -0.15) is 0 Å². The molecular weight excluding hydrogens is 418 g/mol. The Balaban J connectivity index is 1.58. The van der Waals surface area contributed by atoms with Crippen molar-refractivity contribution in [1.29, 1.82) is 0 Å². The van der Waals surface area contributed by atoms with Crippen LogP contribution in [0.2, 0.25) is 0 Å². The fraction of sp³-hybridized carbons (Fsp3) is 0.125. The summed E-state index contributed by atoms with van der Waals surface area (Å²) in [5, 5.41) is 5.29. The number of hydrogen-bond acceptors (Lipinski definition) is 4. The number of anilines is 1. The number of amides is 2. The Kier molecular flexibility index (Phi) is 7.28. The van der Waals surface area contributed by atoms with Crippen LogP contribution in [0, 0.1) is 18.6 Å². The Labute approximate surface area is 183 Å². The number of carbonyl (C=O) groups excluding carboxylic acids is 3. The molecule has 0 radical (unpaired) electrons. The molecule has 0 heterocycles. The van der Waals surface area contributed by atoms with Crippen molar-refractivity contribution in [3.63, 3.8) is 0 Å². The second-order valence-electron chi connectivity index (χ2n) is 7.00. The van der Waals surface area contributed by atoms with Crippen molar-refractivity contribution in [1.82, 2.24) is 5.32 Å². The molecule has 8 heteroatoms. The average molecular weight is 438 g/mol. The van der Waals surface area contributed by atoms with Crippen molar-refractivity contribution in [2.24, 2.45) is 0 Å². The molecule has 0 aromatic heterocycles. The molecule has 0 spiro atoms. The summed E-state index contributed by atoms with van der Waals surface area (Å²) in [6.07, 6.45) is 0. The van der Waals surface area contributed by atoms with Gasteiger partial charge in [0.2, 0.25) is 0 Å². The Morgan fingerprint density at radius 1 is 0.906 bits per heavy atom.